The van der Waals surface area contributed by atoms with E-state index < -0.39 is 10.0 Å². The molecule has 8 heteroatoms. The number of hydrogen-bond donors (Lipinski definition) is 1. The summed E-state index contributed by atoms with van der Waals surface area (Å²) in [7, 11) is -3.55. The van der Waals surface area contributed by atoms with Crippen molar-refractivity contribution in [2.75, 3.05) is 58.4 Å². The Hall–Kier alpha value is -0.250. The summed E-state index contributed by atoms with van der Waals surface area (Å²) in [6.07, 6.45) is 1.98. The second kappa shape index (κ2) is 6.67. The van der Waals surface area contributed by atoms with Gasteiger partial charge in [-0.05, 0) is 24.2 Å². The molecule has 2 aliphatic heterocycles. The van der Waals surface area contributed by atoms with Crippen LogP contribution in [0.15, 0.2) is 0 Å². The second-order valence-corrected chi connectivity index (χ2v) is 10.7. The van der Waals surface area contributed by atoms with Crippen LogP contribution in [0.3, 0.4) is 0 Å². The Kier molecular flexibility index (Phi) is 4.90. The Bertz CT molecular complexity index is 628. The quantitative estimate of drug-likeness (QED) is 0.737. The van der Waals surface area contributed by atoms with E-state index in [-0.39, 0.29) is 22.6 Å². The normalized spacial score (nSPS) is 41.6. The van der Waals surface area contributed by atoms with Gasteiger partial charge in [0.25, 0.3) is 0 Å². The fourth-order valence-corrected chi connectivity index (χ4v) is 7.89. The van der Waals surface area contributed by atoms with Gasteiger partial charge in [0.1, 0.15) is 0 Å². The van der Waals surface area contributed by atoms with Gasteiger partial charge in [-0.25, -0.2) is 13.6 Å². The van der Waals surface area contributed by atoms with Gasteiger partial charge in [-0.2, -0.15) is 0 Å². The third-order valence-corrected chi connectivity index (χ3v) is 8.74. The zero-order valence-electron chi connectivity index (χ0n) is 16.0. The van der Waals surface area contributed by atoms with E-state index in [0.717, 1.165) is 65.4 Å². The molecule has 4 rings (SSSR count). The first kappa shape index (κ1) is 19.1. The minimum atomic E-state index is -3.55. The molecule has 2 N–H and O–H groups in total. The topological polar surface area (TPSA) is 85.1 Å². The molecule has 150 valence electrons. The predicted octanol–water partition coefficient (Wildman–Crippen LogP) is 0.113. The van der Waals surface area contributed by atoms with Crippen molar-refractivity contribution in [3.05, 3.63) is 0 Å². The van der Waals surface area contributed by atoms with Crippen molar-refractivity contribution in [3.63, 3.8) is 0 Å². The molecule has 0 spiro atoms. The van der Waals surface area contributed by atoms with Gasteiger partial charge < -0.3 is 9.47 Å². The van der Waals surface area contributed by atoms with E-state index in [9.17, 15) is 8.42 Å². The summed E-state index contributed by atoms with van der Waals surface area (Å²) in [6.45, 7) is 11.3. The Morgan fingerprint density at radius 2 is 1.54 bits per heavy atom. The number of nitrogens with two attached hydrogens (primary N) is 1. The van der Waals surface area contributed by atoms with Gasteiger partial charge in [0.2, 0.25) is 10.0 Å². The minimum absolute atomic E-state index is 0.0502. The highest BCUT2D eigenvalue weighted by Gasteiger charge is 2.70. The molecule has 26 heavy (non-hydrogen) atoms. The van der Waals surface area contributed by atoms with Crippen LogP contribution in [0, 0.1) is 16.7 Å². The Labute approximate surface area is 157 Å². The predicted molar refractivity (Wildman–Crippen MR) is 99.3 cm³/mol. The Morgan fingerprint density at radius 3 is 2.08 bits per heavy atom. The van der Waals surface area contributed by atoms with Crippen molar-refractivity contribution in [1.82, 2.24) is 9.80 Å². The average molecular weight is 388 g/mol. The van der Waals surface area contributed by atoms with Crippen molar-refractivity contribution >= 4 is 10.0 Å². The van der Waals surface area contributed by atoms with E-state index in [1.54, 1.807) is 0 Å². The van der Waals surface area contributed by atoms with Gasteiger partial charge in [0.15, 0.2) is 0 Å². The molecule has 0 aromatic carbocycles. The van der Waals surface area contributed by atoms with Gasteiger partial charge in [-0.15, -0.1) is 0 Å². The molecule has 0 aromatic heterocycles. The maximum Gasteiger partial charge on any atom is 0.209 e. The van der Waals surface area contributed by atoms with Gasteiger partial charge in [0.05, 0.1) is 32.2 Å². The first-order valence-corrected chi connectivity index (χ1v) is 11.6. The minimum Gasteiger partial charge on any atom is -0.379 e. The molecular weight excluding hydrogens is 354 g/mol. The second-order valence-electron chi connectivity index (χ2n) is 9.11. The van der Waals surface area contributed by atoms with Crippen molar-refractivity contribution in [2.24, 2.45) is 21.9 Å². The number of sulfonamides is 1. The summed E-state index contributed by atoms with van der Waals surface area (Å²) in [4.78, 5) is 5.02. The zero-order valence-corrected chi connectivity index (χ0v) is 16.8. The lowest BCUT2D eigenvalue weighted by Gasteiger charge is -2.48. The molecular formula is C18H33N3O4S. The molecule has 4 aliphatic rings. The summed E-state index contributed by atoms with van der Waals surface area (Å²) < 4.78 is 35.6. The molecule has 2 saturated heterocycles. The number of morpholine rings is 2. The fourth-order valence-electron chi connectivity index (χ4n) is 6.49. The number of ether oxygens (including phenoxy) is 2. The summed E-state index contributed by atoms with van der Waals surface area (Å²) >= 11 is 0. The molecule has 2 unspecified atom stereocenters. The number of nitrogens with zero attached hydrogens (tertiary/aromatic N) is 2. The van der Waals surface area contributed by atoms with Crippen LogP contribution in [0.4, 0.5) is 0 Å². The maximum absolute atomic E-state index is 12.3. The average Bonchev–Trinajstić information content (AvgIpc) is 2.94. The smallest absolute Gasteiger partial charge is 0.209 e. The van der Waals surface area contributed by atoms with E-state index >= 15 is 0 Å². The van der Waals surface area contributed by atoms with Gasteiger partial charge in [-0.1, -0.05) is 13.8 Å². The van der Waals surface area contributed by atoms with Crippen LogP contribution < -0.4 is 5.14 Å². The molecule has 2 aliphatic carbocycles. The van der Waals surface area contributed by atoms with Crippen molar-refractivity contribution in [3.8, 4) is 0 Å². The van der Waals surface area contributed by atoms with Crippen LogP contribution in [-0.4, -0.2) is 88.7 Å². The van der Waals surface area contributed by atoms with Crippen LogP contribution in [0.5, 0.6) is 0 Å². The van der Waals surface area contributed by atoms with Crippen LogP contribution in [-0.2, 0) is 19.5 Å². The monoisotopic (exact) mass is 387 g/mol. The van der Waals surface area contributed by atoms with Gasteiger partial charge in [-0.3, -0.25) is 9.80 Å². The van der Waals surface area contributed by atoms with Crippen LogP contribution >= 0.6 is 0 Å². The molecule has 2 bridgehead atoms. The maximum atomic E-state index is 12.3. The molecule has 0 amide bonds. The van der Waals surface area contributed by atoms with E-state index in [0.29, 0.717) is 12.0 Å². The SMILES string of the molecule is CC1(C)[C@H]2CC(N3CCOCC3)[C@]1(CS(N)(=O)=O)CC2N1CCOCC1. The summed E-state index contributed by atoms with van der Waals surface area (Å²) in [5, 5.41) is 5.63. The molecule has 0 aromatic rings. The fraction of sp³-hybridized carbons (Fsp3) is 1.00. The van der Waals surface area contributed by atoms with Crippen molar-refractivity contribution in [2.45, 2.75) is 38.8 Å². The van der Waals surface area contributed by atoms with E-state index in [2.05, 4.69) is 23.6 Å². The lowest BCUT2D eigenvalue weighted by Crippen LogP contribution is -2.57. The first-order chi connectivity index (χ1) is 12.2. The summed E-state index contributed by atoms with van der Waals surface area (Å²) in [5.41, 5.74) is -0.336. The lowest BCUT2D eigenvalue weighted by molar-refractivity contribution is -0.0390. The van der Waals surface area contributed by atoms with Crippen LogP contribution in [0.2, 0.25) is 0 Å². The number of fused-ring (bicyclic) bond motifs is 2. The molecule has 7 nitrogen and oxygen atoms in total. The van der Waals surface area contributed by atoms with Gasteiger partial charge in [0, 0.05) is 43.7 Å². The molecule has 4 fully saturated rings. The highest BCUT2D eigenvalue weighted by atomic mass is 32.2. The molecule has 2 saturated carbocycles. The van der Waals surface area contributed by atoms with E-state index in [4.69, 9.17) is 14.6 Å². The molecule has 0 radical (unpaired) electrons. The van der Waals surface area contributed by atoms with Crippen molar-refractivity contribution < 1.29 is 17.9 Å². The van der Waals surface area contributed by atoms with Crippen LogP contribution in [0.1, 0.15) is 26.7 Å². The molecule has 4 atom stereocenters. The molecule has 2 heterocycles. The Morgan fingerprint density at radius 1 is 1.00 bits per heavy atom. The van der Waals surface area contributed by atoms with E-state index in [1.807, 2.05) is 0 Å². The number of primary sulfonamides is 1. The third kappa shape index (κ3) is 3.02. The lowest BCUT2D eigenvalue weighted by atomic mass is 9.68. The Balaban J connectivity index is 1.67. The number of hydrogen-bond acceptors (Lipinski definition) is 6. The third-order valence-electron chi connectivity index (χ3n) is 7.82. The summed E-state index contributed by atoms with van der Waals surface area (Å²) in [6, 6.07) is 0.718. The van der Waals surface area contributed by atoms with Crippen molar-refractivity contribution in [1.29, 1.82) is 0 Å². The first-order valence-electron chi connectivity index (χ1n) is 9.89. The van der Waals surface area contributed by atoms with E-state index in [1.165, 1.54) is 0 Å². The standard InChI is InChI=1S/C18H33N3O4S/c1-17(2)14-11-16(21-5-9-25-10-6-21)18(17,13-26(19,22)23)12-15(14)20-3-7-24-8-4-20/h14-16H,3-13H2,1-2H3,(H2,19,22,23)/t14-,15?,16?,18+/m0/s1. The summed E-state index contributed by atoms with van der Waals surface area (Å²) in [5.74, 6) is 0.585. The largest absolute Gasteiger partial charge is 0.379 e. The zero-order chi connectivity index (χ0) is 18.6. The highest BCUT2D eigenvalue weighted by molar-refractivity contribution is 7.89. The van der Waals surface area contributed by atoms with Gasteiger partial charge >= 0.3 is 0 Å². The van der Waals surface area contributed by atoms with Crippen LogP contribution in [0.25, 0.3) is 0 Å². The number of rotatable bonds is 4. The highest BCUT2D eigenvalue weighted by Crippen LogP contribution is 2.68.